The minimum Gasteiger partial charge on any atom is -0.357 e. The third kappa shape index (κ3) is 3.50. The molecule has 0 spiro atoms. The molecule has 3 heterocycles. The van der Waals surface area contributed by atoms with Crippen LogP contribution < -0.4 is 16.1 Å². The summed E-state index contributed by atoms with van der Waals surface area (Å²) in [5.74, 6) is 0.835. The molecule has 25 heavy (non-hydrogen) atoms. The van der Waals surface area contributed by atoms with Crippen LogP contribution in [0, 0.1) is 5.92 Å². The van der Waals surface area contributed by atoms with Crippen molar-refractivity contribution in [3.8, 4) is 0 Å². The molecule has 7 heteroatoms. The zero-order valence-corrected chi connectivity index (χ0v) is 15.2. The molecule has 1 amide bonds. The highest BCUT2D eigenvalue weighted by molar-refractivity contribution is 5.79. The van der Waals surface area contributed by atoms with Crippen molar-refractivity contribution in [3.63, 3.8) is 0 Å². The molecular formula is C18H28N4O3. The summed E-state index contributed by atoms with van der Waals surface area (Å²) in [5.41, 5.74) is -0.594. The lowest BCUT2D eigenvalue weighted by atomic mass is 9.95. The highest BCUT2D eigenvalue weighted by atomic mass is 16.2. The van der Waals surface area contributed by atoms with Crippen LogP contribution in [0.25, 0.3) is 0 Å². The number of hydrogen-bond donors (Lipinski definition) is 0. The van der Waals surface area contributed by atoms with Crippen LogP contribution in [0.5, 0.6) is 0 Å². The molecule has 0 bridgehead atoms. The number of carbonyl (C=O) groups is 1. The van der Waals surface area contributed by atoms with Gasteiger partial charge in [0.1, 0.15) is 5.82 Å². The van der Waals surface area contributed by atoms with Crippen molar-refractivity contribution in [2.75, 3.05) is 31.1 Å². The van der Waals surface area contributed by atoms with E-state index >= 15 is 0 Å². The van der Waals surface area contributed by atoms with E-state index in [1.54, 1.807) is 4.57 Å². The van der Waals surface area contributed by atoms with Gasteiger partial charge >= 0.3 is 5.69 Å². The molecule has 7 nitrogen and oxygen atoms in total. The van der Waals surface area contributed by atoms with Gasteiger partial charge in [-0.05, 0) is 39.0 Å². The fraction of sp³-hybridized carbons (Fsp3) is 0.722. The third-order valence-electron chi connectivity index (χ3n) is 5.46. The van der Waals surface area contributed by atoms with Gasteiger partial charge in [0.25, 0.3) is 5.56 Å². The first kappa shape index (κ1) is 17.8. The molecule has 2 aliphatic rings. The Bertz CT molecular complexity index is 746. The maximum atomic E-state index is 12.8. The second-order valence-electron chi connectivity index (χ2n) is 7.10. The fourth-order valence-corrected chi connectivity index (χ4v) is 3.98. The monoisotopic (exact) mass is 348 g/mol. The first-order valence-corrected chi connectivity index (χ1v) is 9.37. The number of aromatic nitrogens is 2. The van der Waals surface area contributed by atoms with E-state index in [2.05, 4.69) is 0 Å². The second kappa shape index (κ2) is 7.45. The predicted octanol–water partition coefficient (Wildman–Crippen LogP) is 0.796. The molecule has 0 N–H and O–H groups in total. The molecule has 0 saturated carbocycles. The van der Waals surface area contributed by atoms with E-state index in [9.17, 15) is 14.4 Å². The van der Waals surface area contributed by atoms with E-state index < -0.39 is 0 Å². The highest BCUT2D eigenvalue weighted by Gasteiger charge is 2.31. The summed E-state index contributed by atoms with van der Waals surface area (Å²) in [7, 11) is 1.50. The number of hydrogen-bond acceptors (Lipinski definition) is 4. The Hall–Kier alpha value is -2.05. The number of nitrogens with zero attached hydrogens (tertiary/aromatic N) is 4. The van der Waals surface area contributed by atoms with Crippen molar-refractivity contribution in [3.05, 3.63) is 26.9 Å². The first-order chi connectivity index (χ1) is 12.0. The average molecular weight is 348 g/mol. The van der Waals surface area contributed by atoms with E-state index in [0.717, 1.165) is 49.9 Å². The van der Waals surface area contributed by atoms with Crippen molar-refractivity contribution >= 4 is 11.7 Å². The molecular weight excluding hydrogens is 320 g/mol. The van der Waals surface area contributed by atoms with Crippen LogP contribution in [0.1, 0.15) is 39.0 Å². The van der Waals surface area contributed by atoms with Gasteiger partial charge in [-0.2, -0.15) is 0 Å². The molecule has 1 aromatic heterocycles. The molecule has 0 aliphatic carbocycles. The number of likely N-dealkylation sites (tertiary alicyclic amines) is 1. The van der Waals surface area contributed by atoms with Crippen molar-refractivity contribution in [1.29, 1.82) is 0 Å². The molecule has 1 atom stereocenters. The van der Waals surface area contributed by atoms with Gasteiger partial charge in [-0.1, -0.05) is 0 Å². The van der Waals surface area contributed by atoms with Gasteiger partial charge in [0.2, 0.25) is 5.91 Å². The van der Waals surface area contributed by atoms with Crippen LogP contribution in [0.2, 0.25) is 0 Å². The molecule has 2 fully saturated rings. The maximum Gasteiger partial charge on any atom is 0.332 e. The molecule has 138 valence electrons. The maximum absolute atomic E-state index is 12.8. The Labute approximate surface area is 147 Å². The van der Waals surface area contributed by atoms with Crippen molar-refractivity contribution in [2.24, 2.45) is 13.0 Å². The topological polar surface area (TPSA) is 67.6 Å². The predicted molar refractivity (Wildman–Crippen MR) is 97.0 cm³/mol. The molecule has 0 aromatic carbocycles. The Morgan fingerprint density at radius 2 is 1.84 bits per heavy atom. The average Bonchev–Trinajstić information content (AvgIpc) is 2.66. The first-order valence-electron chi connectivity index (χ1n) is 9.37. The van der Waals surface area contributed by atoms with E-state index in [-0.39, 0.29) is 23.1 Å². The van der Waals surface area contributed by atoms with Crippen LogP contribution in [-0.4, -0.2) is 46.1 Å². The van der Waals surface area contributed by atoms with Crippen LogP contribution in [0.3, 0.4) is 0 Å². The standard InChI is InChI=1S/C18H28N4O3/c1-3-22-15(12-16(23)19(2)18(22)25)21-11-7-8-14(13-21)17(24)20-9-5-4-6-10-20/h12,14H,3-11,13H2,1-2H3. The van der Waals surface area contributed by atoms with E-state index in [4.69, 9.17) is 0 Å². The van der Waals surface area contributed by atoms with E-state index in [1.165, 1.54) is 19.5 Å². The lowest BCUT2D eigenvalue weighted by Crippen LogP contribution is -2.48. The Morgan fingerprint density at radius 1 is 1.12 bits per heavy atom. The van der Waals surface area contributed by atoms with Gasteiger partial charge in [-0.25, -0.2) is 4.79 Å². The highest BCUT2D eigenvalue weighted by Crippen LogP contribution is 2.24. The molecule has 1 unspecified atom stereocenters. The zero-order valence-electron chi connectivity index (χ0n) is 15.2. The lowest BCUT2D eigenvalue weighted by Gasteiger charge is -2.37. The van der Waals surface area contributed by atoms with Crippen LogP contribution >= 0.6 is 0 Å². The largest absolute Gasteiger partial charge is 0.357 e. The number of amides is 1. The Kier molecular flexibility index (Phi) is 5.30. The normalized spacial score (nSPS) is 21.4. The number of piperidine rings is 2. The summed E-state index contributed by atoms with van der Waals surface area (Å²) >= 11 is 0. The quantitative estimate of drug-likeness (QED) is 0.810. The van der Waals surface area contributed by atoms with Crippen LogP contribution in [-0.2, 0) is 18.4 Å². The summed E-state index contributed by atoms with van der Waals surface area (Å²) in [6.45, 7) is 5.49. The fourth-order valence-electron chi connectivity index (χ4n) is 3.98. The summed E-state index contributed by atoms with van der Waals surface area (Å²) in [6.07, 6.45) is 5.17. The molecule has 3 rings (SSSR count). The molecule has 1 aromatic rings. The van der Waals surface area contributed by atoms with Gasteiger partial charge in [0.15, 0.2) is 0 Å². The lowest BCUT2D eigenvalue weighted by molar-refractivity contribution is -0.136. The molecule has 0 radical (unpaired) electrons. The number of rotatable bonds is 3. The number of anilines is 1. The smallest absolute Gasteiger partial charge is 0.332 e. The van der Waals surface area contributed by atoms with Gasteiger partial charge in [0.05, 0.1) is 5.92 Å². The minimum absolute atomic E-state index is 0.0451. The summed E-state index contributed by atoms with van der Waals surface area (Å²) < 4.78 is 2.75. The van der Waals surface area contributed by atoms with Crippen LogP contribution in [0.4, 0.5) is 5.82 Å². The molecule has 2 aliphatic heterocycles. The van der Waals surface area contributed by atoms with Gasteiger partial charge < -0.3 is 9.80 Å². The summed E-state index contributed by atoms with van der Waals surface area (Å²) in [5, 5.41) is 0. The van der Waals surface area contributed by atoms with Crippen molar-refractivity contribution < 1.29 is 4.79 Å². The number of carbonyl (C=O) groups excluding carboxylic acids is 1. The minimum atomic E-state index is -0.297. The van der Waals surface area contributed by atoms with E-state index in [1.807, 2.05) is 16.7 Å². The van der Waals surface area contributed by atoms with Gasteiger partial charge in [-0.3, -0.25) is 18.7 Å². The Morgan fingerprint density at radius 3 is 2.52 bits per heavy atom. The van der Waals surface area contributed by atoms with Gasteiger partial charge in [-0.15, -0.1) is 0 Å². The van der Waals surface area contributed by atoms with Crippen LogP contribution in [0.15, 0.2) is 15.7 Å². The van der Waals surface area contributed by atoms with E-state index in [0.29, 0.717) is 18.9 Å². The zero-order chi connectivity index (χ0) is 18.0. The van der Waals surface area contributed by atoms with Gasteiger partial charge in [0, 0.05) is 45.8 Å². The second-order valence-corrected chi connectivity index (χ2v) is 7.10. The summed E-state index contributed by atoms with van der Waals surface area (Å²) in [4.78, 5) is 41.3. The SMILES string of the molecule is CCn1c(N2CCCC(C(=O)N3CCCCC3)C2)cc(=O)n(C)c1=O. The third-order valence-corrected chi connectivity index (χ3v) is 5.46. The Balaban J connectivity index is 1.83. The van der Waals surface area contributed by atoms with Crippen molar-refractivity contribution in [2.45, 2.75) is 45.6 Å². The van der Waals surface area contributed by atoms with Crippen molar-refractivity contribution in [1.82, 2.24) is 14.0 Å². The molecule has 2 saturated heterocycles. The summed E-state index contributed by atoms with van der Waals surface area (Å²) in [6, 6.07) is 1.53.